The fraction of sp³-hybridized carbons (Fsp3) is 0.500. The number of nitrogens with two attached hydrogens (primary N) is 1. The van der Waals surface area contributed by atoms with Crippen LogP contribution in [0.5, 0.6) is 0 Å². The molecule has 0 bridgehead atoms. The summed E-state index contributed by atoms with van der Waals surface area (Å²) in [5, 5.41) is 10.0. The van der Waals surface area contributed by atoms with Crippen molar-refractivity contribution in [2.24, 2.45) is 0 Å². The Morgan fingerprint density at radius 2 is 2.11 bits per heavy atom. The van der Waals surface area contributed by atoms with Crippen LogP contribution in [0.1, 0.15) is 24.2 Å². The molecule has 2 atom stereocenters. The van der Waals surface area contributed by atoms with E-state index >= 15 is 0 Å². The van der Waals surface area contributed by atoms with E-state index in [0.29, 0.717) is 16.3 Å². The average molecular weight is 267 g/mol. The minimum atomic E-state index is -1.01. The van der Waals surface area contributed by atoms with Crippen LogP contribution in [0.15, 0.2) is 12.3 Å². The van der Waals surface area contributed by atoms with Crippen molar-refractivity contribution in [2.75, 3.05) is 23.7 Å². The first-order valence-corrected chi connectivity index (χ1v) is 6.81. The summed E-state index contributed by atoms with van der Waals surface area (Å²) in [7, 11) is 0. The van der Waals surface area contributed by atoms with Crippen molar-refractivity contribution in [3.05, 3.63) is 17.8 Å². The normalized spacial score (nSPS) is 24.0. The SMILES string of the molecule is CC1CN(c2nccc(C(=O)O)c2N)CC(C)S1. The summed E-state index contributed by atoms with van der Waals surface area (Å²) in [6.07, 6.45) is 1.51. The van der Waals surface area contributed by atoms with E-state index in [4.69, 9.17) is 10.8 Å². The largest absolute Gasteiger partial charge is 0.478 e. The summed E-state index contributed by atoms with van der Waals surface area (Å²) in [6.45, 7) is 6.00. The molecular weight excluding hydrogens is 250 g/mol. The third kappa shape index (κ3) is 2.53. The Hall–Kier alpha value is -1.43. The number of hydrogen-bond donors (Lipinski definition) is 2. The van der Waals surface area contributed by atoms with Crippen molar-refractivity contribution in [1.82, 2.24) is 4.98 Å². The van der Waals surface area contributed by atoms with Crippen LogP contribution in [0.3, 0.4) is 0 Å². The van der Waals surface area contributed by atoms with Gasteiger partial charge in [-0.2, -0.15) is 11.8 Å². The second-order valence-corrected chi connectivity index (χ2v) is 6.44. The lowest BCUT2D eigenvalue weighted by Gasteiger charge is -2.36. The smallest absolute Gasteiger partial charge is 0.337 e. The summed E-state index contributed by atoms with van der Waals surface area (Å²) in [5.74, 6) is -0.419. The Morgan fingerprint density at radius 1 is 1.50 bits per heavy atom. The minimum absolute atomic E-state index is 0.124. The van der Waals surface area contributed by atoms with E-state index in [-0.39, 0.29) is 11.3 Å². The summed E-state index contributed by atoms with van der Waals surface area (Å²) in [4.78, 5) is 17.4. The third-order valence-corrected chi connectivity index (χ3v) is 4.15. The highest BCUT2D eigenvalue weighted by Crippen LogP contribution is 2.31. The number of carboxylic acids is 1. The van der Waals surface area contributed by atoms with E-state index in [2.05, 4.69) is 23.7 Å². The minimum Gasteiger partial charge on any atom is -0.478 e. The number of nitrogens with zero attached hydrogens (tertiary/aromatic N) is 2. The van der Waals surface area contributed by atoms with Gasteiger partial charge in [-0.15, -0.1) is 0 Å². The van der Waals surface area contributed by atoms with Gasteiger partial charge in [0.25, 0.3) is 0 Å². The predicted molar refractivity (Wildman–Crippen MR) is 74.3 cm³/mol. The first-order chi connectivity index (χ1) is 8.49. The van der Waals surface area contributed by atoms with Crippen LogP contribution in [0.25, 0.3) is 0 Å². The molecule has 3 N–H and O–H groups in total. The van der Waals surface area contributed by atoms with E-state index in [1.807, 2.05) is 11.8 Å². The third-order valence-electron chi connectivity index (χ3n) is 2.92. The van der Waals surface area contributed by atoms with Crippen molar-refractivity contribution in [3.8, 4) is 0 Å². The lowest BCUT2D eigenvalue weighted by molar-refractivity contribution is 0.0698. The van der Waals surface area contributed by atoms with Gasteiger partial charge in [-0.05, 0) is 6.07 Å². The number of aromatic carboxylic acids is 1. The second kappa shape index (κ2) is 5.06. The standard InChI is InChI=1S/C12H17N3O2S/c1-7-5-15(6-8(2)18-7)11-10(13)9(12(16)17)3-4-14-11/h3-4,7-8H,5-6,13H2,1-2H3,(H,16,17). The molecule has 1 aliphatic heterocycles. The van der Waals surface area contributed by atoms with E-state index in [9.17, 15) is 4.79 Å². The zero-order chi connectivity index (χ0) is 13.3. The molecule has 0 radical (unpaired) electrons. The van der Waals surface area contributed by atoms with Crippen LogP contribution < -0.4 is 10.6 Å². The Bertz CT molecular complexity index is 457. The molecule has 1 saturated heterocycles. The lowest BCUT2D eigenvalue weighted by atomic mass is 10.2. The van der Waals surface area contributed by atoms with Gasteiger partial charge in [0, 0.05) is 29.8 Å². The molecule has 0 saturated carbocycles. The molecule has 2 unspecified atom stereocenters. The van der Waals surface area contributed by atoms with Crippen molar-refractivity contribution in [3.63, 3.8) is 0 Å². The fourth-order valence-corrected chi connectivity index (χ4v) is 3.58. The van der Waals surface area contributed by atoms with Crippen LogP contribution in [0.4, 0.5) is 11.5 Å². The number of hydrogen-bond acceptors (Lipinski definition) is 5. The van der Waals surface area contributed by atoms with Gasteiger partial charge in [-0.3, -0.25) is 0 Å². The monoisotopic (exact) mass is 267 g/mol. The maximum atomic E-state index is 11.1. The number of nitrogen functional groups attached to an aromatic ring is 1. The molecule has 0 aliphatic carbocycles. The van der Waals surface area contributed by atoms with Crippen LogP contribution in [-0.2, 0) is 0 Å². The van der Waals surface area contributed by atoms with Crippen molar-refractivity contribution in [1.29, 1.82) is 0 Å². The van der Waals surface area contributed by atoms with E-state index in [1.165, 1.54) is 12.3 Å². The van der Waals surface area contributed by atoms with Crippen molar-refractivity contribution in [2.45, 2.75) is 24.3 Å². The summed E-state index contributed by atoms with van der Waals surface area (Å²) >= 11 is 1.93. The van der Waals surface area contributed by atoms with Crippen LogP contribution in [0, 0.1) is 0 Å². The van der Waals surface area contributed by atoms with Gasteiger partial charge in [0.15, 0.2) is 5.82 Å². The molecule has 0 amide bonds. The molecular formula is C12H17N3O2S. The maximum absolute atomic E-state index is 11.1. The summed E-state index contributed by atoms with van der Waals surface area (Å²) in [6, 6.07) is 1.44. The number of carboxylic acid groups (broad SMARTS) is 1. The Morgan fingerprint density at radius 3 is 2.67 bits per heavy atom. The molecule has 1 aromatic heterocycles. The molecule has 1 aromatic rings. The second-order valence-electron chi connectivity index (χ2n) is 4.56. The summed E-state index contributed by atoms with van der Waals surface area (Å²) < 4.78 is 0. The van der Waals surface area contributed by atoms with Crippen LogP contribution in [0.2, 0.25) is 0 Å². The highest BCUT2D eigenvalue weighted by atomic mass is 32.2. The van der Waals surface area contributed by atoms with Gasteiger partial charge in [-0.1, -0.05) is 13.8 Å². The number of anilines is 2. The number of pyridine rings is 1. The molecule has 2 rings (SSSR count). The molecule has 18 heavy (non-hydrogen) atoms. The van der Waals surface area contributed by atoms with E-state index in [0.717, 1.165) is 13.1 Å². The highest BCUT2D eigenvalue weighted by Gasteiger charge is 2.25. The number of rotatable bonds is 2. The zero-order valence-corrected chi connectivity index (χ0v) is 11.3. The highest BCUT2D eigenvalue weighted by molar-refractivity contribution is 8.00. The maximum Gasteiger partial charge on any atom is 0.337 e. The molecule has 98 valence electrons. The Kier molecular flexibility index (Phi) is 3.65. The number of thioether (sulfide) groups is 1. The average Bonchev–Trinajstić information content (AvgIpc) is 2.27. The topological polar surface area (TPSA) is 79.5 Å². The molecule has 1 aliphatic rings. The quantitative estimate of drug-likeness (QED) is 0.849. The molecule has 0 aromatic carbocycles. The molecule has 0 spiro atoms. The van der Waals surface area contributed by atoms with Crippen molar-refractivity contribution >= 4 is 29.2 Å². The van der Waals surface area contributed by atoms with Gasteiger partial charge in [0.05, 0.1) is 11.3 Å². The fourth-order valence-electron chi connectivity index (χ4n) is 2.25. The predicted octanol–water partition coefficient (Wildman–Crippen LogP) is 1.69. The Balaban J connectivity index is 2.33. The van der Waals surface area contributed by atoms with Gasteiger partial charge in [0.1, 0.15) is 0 Å². The molecule has 2 heterocycles. The molecule has 5 nitrogen and oxygen atoms in total. The number of aromatic nitrogens is 1. The van der Waals surface area contributed by atoms with E-state index in [1.54, 1.807) is 0 Å². The molecule has 1 fully saturated rings. The first kappa shape index (κ1) is 13.0. The van der Waals surface area contributed by atoms with Gasteiger partial charge in [-0.25, -0.2) is 9.78 Å². The van der Waals surface area contributed by atoms with Gasteiger partial charge < -0.3 is 15.7 Å². The van der Waals surface area contributed by atoms with Gasteiger partial charge in [0.2, 0.25) is 0 Å². The van der Waals surface area contributed by atoms with E-state index < -0.39 is 5.97 Å². The van der Waals surface area contributed by atoms with Crippen LogP contribution in [-0.4, -0.2) is 39.6 Å². The van der Waals surface area contributed by atoms with Gasteiger partial charge >= 0.3 is 5.97 Å². The lowest BCUT2D eigenvalue weighted by Crippen LogP contribution is -2.41. The van der Waals surface area contributed by atoms with Crippen LogP contribution >= 0.6 is 11.8 Å². The summed E-state index contributed by atoms with van der Waals surface area (Å²) in [5.41, 5.74) is 6.30. The zero-order valence-electron chi connectivity index (χ0n) is 10.5. The number of carbonyl (C=O) groups is 1. The first-order valence-electron chi connectivity index (χ1n) is 5.87. The molecule has 6 heteroatoms. The van der Waals surface area contributed by atoms with Crippen molar-refractivity contribution < 1.29 is 9.90 Å². The Labute approximate surface area is 110 Å².